The Morgan fingerprint density at radius 2 is 1.91 bits per heavy atom. The van der Waals surface area contributed by atoms with Gasteiger partial charge in [0.15, 0.2) is 0 Å². The van der Waals surface area contributed by atoms with Crippen molar-refractivity contribution >= 4 is 11.6 Å². The minimum atomic E-state index is -0.0580. The average Bonchev–Trinajstić information content (AvgIpc) is 2.84. The fraction of sp³-hybridized carbons (Fsp3) is 0.762. The van der Waals surface area contributed by atoms with Crippen LogP contribution < -0.4 is 0 Å². The summed E-state index contributed by atoms with van der Waals surface area (Å²) in [4.78, 5) is 24.5. The van der Waals surface area contributed by atoms with Crippen LogP contribution in [0.4, 0.5) is 0 Å². The Hall–Kier alpha value is -1.14. The van der Waals surface area contributed by atoms with Gasteiger partial charge in [-0.25, -0.2) is 0 Å². The second kappa shape index (κ2) is 5.18. The molecule has 4 fully saturated rings. The van der Waals surface area contributed by atoms with Crippen molar-refractivity contribution in [3.05, 3.63) is 18.4 Å². The molecule has 4 rings (SSSR count). The lowest BCUT2D eigenvalue weighted by atomic mass is 9.44. The molecule has 0 spiro atoms. The highest BCUT2D eigenvalue weighted by Crippen LogP contribution is 2.65. The lowest BCUT2D eigenvalue weighted by Gasteiger charge is -2.59. The van der Waals surface area contributed by atoms with E-state index >= 15 is 0 Å². The Labute approximate surface area is 139 Å². The molecule has 6 atom stereocenters. The first-order valence-corrected chi connectivity index (χ1v) is 9.43. The molecule has 0 bridgehead atoms. The van der Waals surface area contributed by atoms with E-state index in [0.717, 1.165) is 51.4 Å². The molecule has 0 radical (unpaired) electrons. The van der Waals surface area contributed by atoms with Crippen LogP contribution in [-0.2, 0) is 9.59 Å². The number of hydrogen-bond donors (Lipinski definition) is 0. The van der Waals surface area contributed by atoms with Crippen molar-refractivity contribution in [3.8, 4) is 0 Å². The fourth-order valence-electron chi connectivity index (χ4n) is 6.99. The largest absolute Gasteiger partial charge is 0.300 e. The van der Waals surface area contributed by atoms with E-state index in [2.05, 4.69) is 25.3 Å². The zero-order chi connectivity index (χ0) is 16.2. The van der Waals surface area contributed by atoms with Gasteiger partial charge in [0, 0.05) is 30.1 Å². The summed E-state index contributed by atoms with van der Waals surface area (Å²) in [7, 11) is 0. The van der Waals surface area contributed by atoms with Gasteiger partial charge in [0.25, 0.3) is 0 Å². The van der Waals surface area contributed by atoms with Crippen LogP contribution in [0.3, 0.4) is 0 Å². The maximum atomic E-state index is 12.5. The fourth-order valence-corrected chi connectivity index (χ4v) is 6.99. The maximum absolute atomic E-state index is 12.5. The number of fused-ring (bicyclic) bond motifs is 5. The van der Waals surface area contributed by atoms with E-state index in [-0.39, 0.29) is 10.8 Å². The minimum absolute atomic E-state index is 0.0580. The van der Waals surface area contributed by atoms with Crippen molar-refractivity contribution in [2.24, 2.45) is 34.5 Å². The van der Waals surface area contributed by atoms with Crippen molar-refractivity contribution in [1.82, 2.24) is 0 Å². The molecule has 23 heavy (non-hydrogen) atoms. The summed E-state index contributed by atoms with van der Waals surface area (Å²) in [6, 6.07) is 0. The summed E-state index contributed by atoms with van der Waals surface area (Å²) >= 11 is 0. The number of hydrogen-bond acceptors (Lipinski definition) is 2. The molecular weight excluding hydrogens is 284 g/mol. The van der Waals surface area contributed by atoms with Crippen LogP contribution in [0.5, 0.6) is 0 Å². The molecular formula is C21H28O2. The van der Waals surface area contributed by atoms with Gasteiger partial charge >= 0.3 is 0 Å². The van der Waals surface area contributed by atoms with E-state index in [4.69, 9.17) is 0 Å². The highest BCUT2D eigenvalue weighted by molar-refractivity contribution is 5.87. The normalized spacial score (nSPS) is 48.9. The summed E-state index contributed by atoms with van der Waals surface area (Å²) in [5.41, 5.74) is 3.17. The summed E-state index contributed by atoms with van der Waals surface area (Å²) < 4.78 is 0. The number of carbonyl (C=O) groups is 2. The Morgan fingerprint density at radius 3 is 2.70 bits per heavy atom. The first-order valence-electron chi connectivity index (χ1n) is 9.43. The first-order chi connectivity index (χ1) is 11.0. The standard InChI is InChI=1S/C21H28O2/c1-3-10-21-12-8-15(22)13-14(21)4-5-16-17-6-7-19(23)20(17,2)11-9-18(16)21/h10,14,16-18H,1,4-9,11-13H2,2H3/t14-,16?,17?,18?,20?,21?/m0/s1. The highest BCUT2D eigenvalue weighted by atomic mass is 16.1. The predicted molar refractivity (Wildman–Crippen MR) is 89.8 cm³/mol. The van der Waals surface area contributed by atoms with Gasteiger partial charge in [0.2, 0.25) is 0 Å². The van der Waals surface area contributed by atoms with Gasteiger partial charge in [0.1, 0.15) is 11.6 Å². The SMILES string of the molecule is C=C=CC12CCC(=O)C[C@@H]1CCC1C3CCC(=O)C3(C)CCC12. The van der Waals surface area contributed by atoms with Crippen molar-refractivity contribution in [2.45, 2.75) is 64.7 Å². The molecule has 0 amide bonds. The zero-order valence-corrected chi connectivity index (χ0v) is 14.3. The number of rotatable bonds is 1. The van der Waals surface area contributed by atoms with Crippen LogP contribution in [0.2, 0.25) is 0 Å². The van der Waals surface area contributed by atoms with Gasteiger partial charge in [-0.15, -0.1) is 5.73 Å². The van der Waals surface area contributed by atoms with Gasteiger partial charge in [-0.3, -0.25) is 9.59 Å². The molecule has 4 aliphatic carbocycles. The van der Waals surface area contributed by atoms with Crippen LogP contribution in [0, 0.1) is 34.5 Å². The molecule has 2 nitrogen and oxygen atoms in total. The third kappa shape index (κ3) is 2.00. The topological polar surface area (TPSA) is 34.1 Å². The Kier molecular flexibility index (Phi) is 3.47. The Morgan fingerprint density at radius 1 is 1.09 bits per heavy atom. The van der Waals surface area contributed by atoms with Crippen molar-refractivity contribution in [3.63, 3.8) is 0 Å². The smallest absolute Gasteiger partial charge is 0.139 e. The Bertz CT molecular complexity index is 599. The lowest BCUT2D eigenvalue weighted by Crippen LogP contribution is -2.54. The second-order valence-electron chi connectivity index (χ2n) is 8.77. The van der Waals surface area contributed by atoms with E-state index in [1.54, 1.807) is 0 Å². The van der Waals surface area contributed by atoms with E-state index in [1.165, 1.54) is 6.42 Å². The lowest BCUT2D eigenvalue weighted by molar-refractivity contribution is -0.140. The van der Waals surface area contributed by atoms with Crippen LogP contribution in [0.25, 0.3) is 0 Å². The van der Waals surface area contributed by atoms with Crippen LogP contribution in [-0.4, -0.2) is 11.6 Å². The molecule has 0 N–H and O–H groups in total. The van der Waals surface area contributed by atoms with Crippen LogP contribution >= 0.6 is 0 Å². The highest BCUT2D eigenvalue weighted by Gasteiger charge is 2.60. The zero-order valence-electron chi connectivity index (χ0n) is 14.3. The van der Waals surface area contributed by atoms with Gasteiger partial charge < -0.3 is 0 Å². The van der Waals surface area contributed by atoms with Crippen LogP contribution in [0.1, 0.15) is 64.7 Å². The molecule has 0 aromatic heterocycles. The van der Waals surface area contributed by atoms with Crippen molar-refractivity contribution in [1.29, 1.82) is 0 Å². The van der Waals surface area contributed by atoms with Gasteiger partial charge in [-0.1, -0.05) is 13.5 Å². The molecule has 4 aliphatic rings. The Balaban J connectivity index is 1.72. The van der Waals surface area contributed by atoms with Gasteiger partial charge in [-0.2, -0.15) is 0 Å². The summed E-state index contributed by atoms with van der Waals surface area (Å²) in [6.07, 6.45) is 11.1. The summed E-state index contributed by atoms with van der Waals surface area (Å²) in [5.74, 6) is 3.30. The maximum Gasteiger partial charge on any atom is 0.139 e. The molecule has 0 aromatic carbocycles. The van der Waals surface area contributed by atoms with Crippen molar-refractivity contribution in [2.75, 3.05) is 0 Å². The third-order valence-corrected chi connectivity index (χ3v) is 8.13. The second-order valence-corrected chi connectivity index (χ2v) is 8.77. The van der Waals surface area contributed by atoms with E-state index < -0.39 is 0 Å². The molecule has 0 aromatic rings. The number of allylic oxidation sites excluding steroid dienone is 1. The number of ketones is 2. The molecule has 0 saturated heterocycles. The molecule has 0 aliphatic heterocycles. The molecule has 0 heterocycles. The molecule has 2 heteroatoms. The van der Waals surface area contributed by atoms with E-state index in [0.29, 0.717) is 35.2 Å². The van der Waals surface area contributed by atoms with Gasteiger partial charge in [0.05, 0.1) is 0 Å². The molecule has 124 valence electrons. The monoisotopic (exact) mass is 312 g/mol. The molecule has 4 saturated carbocycles. The van der Waals surface area contributed by atoms with Gasteiger partial charge in [-0.05, 0) is 68.3 Å². The summed E-state index contributed by atoms with van der Waals surface area (Å²) in [6.45, 7) is 6.10. The quantitative estimate of drug-likeness (QED) is 0.669. The predicted octanol–water partition coefficient (Wildman–Crippen LogP) is 4.49. The summed E-state index contributed by atoms with van der Waals surface area (Å²) in [5, 5.41) is 0. The van der Waals surface area contributed by atoms with E-state index in [9.17, 15) is 9.59 Å². The third-order valence-electron chi connectivity index (χ3n) is 8.13. The van der Waals surface area contributed by atoms with E-state index in [1.807, 2.05) is 0 Å². The number of Topliss-reactive ketones (excluding diaryl/α,β-unsaturated/α-hetero) is 2. The van der Waals surface area contributed by atoms with Crippen molar-refractivity contribution < 1.29 is 9.59 Å². The minimum Gasteiger partial charge on any atom is -0.300 e. The number of carbonyl (C=O) groups excluding carboxylic acids is 2. The molecule has 5 unspecified atom stereocenters. The average molecular weight is 312 g/mol. The first kappa shape index (κ1) is 15.4. The van der Waals surface area contributed by atoms with Crippen LogP contribution in [0.15, 0.2) is 18.4 Å².